The molecule has 0 aromatic rings. The van der Waals surface area contributed by atoms with Crippen LogP contribution < -0.4 is 5.14 Å². The average Bonchev–Trinajstić information content (AvgIpc) is 2.07. The van der Waals surface area contributed by atoms with E-state index in [2.05, 4.69) is 9.88 Å². The van der Waals surface area contributed by atoms with E-state index in [4.69, 9.17) is 4.74 Å². The molecule has 0 fully saturated rings. The zero-order chi connectivity index (χ0) is 12.8. The van der Waals surface area contributed by atoms with E-state index in [0.717, 1.165) is 6.92 Å². The Bertz CT molecular complexity index is 290. The monoisotopic (exact) mass is 265 g/mol. The van der Waals surface area contributed by atoms with Gasteiger partial charge in [0.25, 0.3) is 0 Å². The zero-order valence-electron chi connectivity index (χ0n) is 8.66. The molecule has 2 N–H and O–H groups in total. The van der Waals surface area contributed by atoms with Gasteiger partial charge in [-0.2, -0.15) is 13.2 Å². The molecule has 0 aromatic heterocycles. The third-order valence-electron chi connectivity index (χ3n) is 1.57. The molecule has 0 spiro atoms. The summed E-state index contributed by atoms with van der Waals surface area (Å²) >= 11 is 0. The summed E-state index contributed by atoms with van der Waals surface area (Å²) in [4.78, 5) is 0. The van der Waals surface area contributed by atoms with E-state index in [1.165, 1.54) is 0 Å². The lowest BCUT2D eigenvalue weighted by molar-refractivity contribution is -0.216. The van der Waals surface area contributed by atoms with Gasteiger partial charge in [0.2, 0.25) is 10.0 Å². The van der Waals surface area contributed by atoms with E-state index >= 15 is 0 Å². The Morgan fingerprint density at radius 3 is 2.25 bits per heavy atom. The second-order valence-corrected chi connectivity index (χ2v) is 4.77. The van der Waals surface area contributed by atoms with Crippen molar-refractivity contribution >= 4 is 10.0 Å². The van der Waals surface area contributed by atoms with E-state index in [-0.39, 0.29) is 25.6 Å². The summed E-state index contributed by atoms with van der Waals surface area (Å²) in [6.45, 7) is 0.341. The Morgan fingerprint density at radius 1 is 1.25 bits per heavy atom. The highest BCUT2D eigenvalue weighted by atomic mass is 32.2. The number of alkyl halides is 3. The minimum atomic E-state index is -4.40. The van der Waals surface area contributed by atoms with Crippen molar-refractivity contribution in [3.63, 3.8) is 0 Å². The van der Waals surface area contributed by atoms with Gasteiger partial charge in [0, 0.05) is 0 Å². The molecule has 0 aliphatic carbocycles. The van der Waals surface area contributed by atoms with Crippen LogP contribution in [0.15, 0.2) is 0 Å². The van der Waals surface area contributed by atoms with Crippen molar-refractivity contribution in [1.29, 1.82) is 0 Å². The first-order valence-corrected chi connectivity index (χ1v) is 6.11. The Kier molecular flexibility index (Phi) is 6.23. The van der Waals surface area contributed by atoms with E-state index in [1.807, 2.05) is 0 Å². The molecule has 0 amide bonds. The van der Waals surface area contributed by atoms with Crippen LogP contribution in [0.1, 0.15) is 6.92 Å². The van der Waals surface area contributed by atoms with Gasteiger partial charge in [-0.1, -0.05) is 0 Å². The second kappa shape index (κ2) is 6.38. The molecular formula is C7H14F3NO4S. The van der Waals surface area contributed by atoms with Crippen molar-refractivity contribution in [3.05, 3.63) is 0 Å². The summed E-state index contributed by atoms with van der Waals surface area (Å²) in [5, 5.41) is 4.67. The number of nitrogens with two attached hydrogens (primary N) is 1. The largest absolute Gasteiger partial charge is 0.414 e. The Balaban J connectivity index is 3.48. The lowest BCUT2D eigenvalue weighted by Crippen LogP contribution is -2.30. The van der Waals surface area contributed by atoms with Gasteiger partial charge < -0.3 is 9.47 Å². The third-order valence-corrected chi connectivity index (χ3v) is 2.30. The van der Waals surface area contributed by atoms with Crippen LogP contribution >= 0.6 is 0 Å². The number of hydrogen-bond donors (Lipinski definition) is 1. The quantitative estimate of drug-likeness (QED) is 0.670. The number of ether oxygens (including phenoxy) is 2. The van der Waals surface area contributed by atoms with Crippen molar-refractivity contribution < 1.29 is 31.1 Å². The Morgan fingerprint density at radius 2 is 1.81 bits per heavy atom. The fraction of sp³-hybridized carbons (Fsp3) is 1.00. The van der Waals surface area contributed by atoms with Crippen LogP contribution in [-0.4, -0.2) is 46.3 Å². The molecule has 0 aromatic carbocycles. The first kappa shape index (κ1) is 15.6. The third kappa shape index (κ3) is 8.89. The molecule has 1 unspecified atom stereocenters. The highest BCUT2D eigenvalue weighted by molar-refractivity contribution is 7.89. The van der Waals surface area contributed by atoms with Crippen LogP contribution in [0.3, 0.4) is 0 Å². The standard InChI is InChI=1S/C7H14F3NO4S/c1-6(7(8,9)10)15-3-2-14-4-5-16(11,12)13/h6H,2-5H2,1H3,(H2,11,12,13). The molecule has 0 bridgehead atoms. The molecule has 5 nitrogen and oxygen atoms in total. The first-order chi connectivity index (χ1) is 7.13. The van der Waals surface area contributed by atoms with E-state index in [9.17, 15) is 21.6 Å². The van der Waals surface area contributed by atoms with Gasteiger partial charge in [-0.05, 0) is 6.92 Å². The molecule has 0 heterocycles. The lowest BCUT2D eigenvalue weighted by atomic mass is 10.4. The van der Waals surface area contributed by atoms with Gasteiger partial charge >= 0.3 is 6.18 Å². The first-order valence-electron chi connectivity index (χ1n) is 4.39. The maximum Gasteiger partial charge on any atom is 0.414 e. The van der Waals surface area contributed by atoms with Gasteiger partial charge in [0.05, 0.1) is 25.6 Å². The van der Waals surface area contributed by atoms with Crippen LogP contribution in [0.2, 0.25) is 0 Å². The summed E-state index contributed by atoms with van der Waals surface area (Å²) in [6, 6.07) is 0. The van der Waals surface area contributed by atoms with Crippen molar-refractivity contribution in [2.75, 3.05) is 25.6 Å². The summed E-state index contributed by atoms with van der Waals surface area (Å²) < 4.78 is 65.7. The number of rotatable bonds is 7. The SMILES string of the molecule is CC(OCCOCCS(N)(=O)=O)C(F)(F)F. The summed E-state index contributed by atoms with van der Waals surface area (Å²) in [6.07, 6.45) is -6.27. The number of primary sulfonamides is 1. The van der Waals surface area contributed by atoms with E-state index in [1.54, 1.807) is 0 Å². The maximum atomic E-state index is 11.9. The van der Waals surface area contributed by atoms with Crippen LogP contribution in [0.25, 0.3) is 0 Å². The molecule has 0 rings (SSSR count). The average molecular weight is 265 g/mol. The topological polar surface area (TPSA) is 78.6 Å². The normalized spacial score (nSPS) is 15.1. The van der Waals surface area contributed by atoms with Gasteiger partial charge in [-0.15, -0.1) is 0 Å². The van der Waals surface area contributed by atoms with Gasteiger partial charge in [0.1, 0.15) is 0 Å². The smallest absolute Gasteiger partial charge is 0.378 e. The molecule has 0 saturated carbocycles. The molecule has 0 aliphatic rings. The minimum Gasteiger partial charge on any atom is -0.378 e. The number of halogens is 3. The second-order valence-electron chi connectivity index (χ2n) is 3.03. The fourth-order valence-corrected chi connectivity index (χ4v) is 1.01. The molecule has 1 atom stereocenters. The van der Waals surface area contributed by atoms with E-state index < -0.39 is 22.3 Å². The molecule has 0 radical (unpaired) electrons. The number of hydrogen-bond acceptors (Lipinski definition) is 4. The zero-order valence-corrected chi connectivity index (χ0v) is 9.47. The Labute approximate surface area is 91.8 Å². The fourth-order valence-electron chi connectivity index (χ4n) is 0.655. The molecule has 16 heavy (non-hydrogen) atoms. The van der Waals surface area contributed by atoms with Gasteiger partial charge in [-0.3, -0.25) is 0 Å². The van der Waals surface area contributed by atoms with Crippen LogP contribution in [-0.2, 0) is 19.5 Å². The van der Waals surface area contributed by atoms with Crippen molar-refractivity contribution in [2.24, 2.45) is 5.14 Å². The number of sulfonamides is 1. The van der Waals surface area contributed by atoms with Crippen molar-refractivity contribution in [2.45, 2.75) is 19.2 Å². The lowest BCUT2D eigenvalue weighted by Gasteiger charge is -2.16. The summed E-state index contributed by atoms with van der Waals surface area (Å²) in [5.74, 6) is -0.373. The molecular weight excluding hydrogens is 251 g/mol. The summed E-state index contributed by atoms with van der Waals surface area (Å²) in [5.41, 5.74) is 0. The van der Waals surface area contributed by atoms with Crippen LogP contribution in [0, 0.1) is 0 Å². The van der Waals surface area contributed by atoms with Gasteiger partial charge in [0.15, 0.2) is 6.10 Å². The van der Waals surface area contributed by atoms with Crippen molar-refractivity contribution in [1.82, 2.24) is 0 Å². The van der Waals surface area contributed by atoms with Crippen LogP contribution in [0.5, 0.6) is 0 Å². The summed E-state index contributed by atoms with van der Waals surface area (Å²) in [7, 11) is -3.60. The maximum absolute atomic E-state index is 11.9. The highest BCUT2D eigenvalue weighted by Gasteiger charge is 2.36. The molecule has 0 aliphatic heterocycles. The Hall–Kier alpha value is -0.380. The minimum absolute atomic E-state index is 0.115. The molecule has 9 heteroatoms. The molecule has 0 saturated heterocycles. The predicted molar refractivity (Wildman–Crippen MR) is 50.3 cm³/mol. The predicted octanol–water partition coefficient (Wildman–Crippen LogP) is 0.259. The highest BCUT2D eigenvalue weighted by Crippen LogP contribution is 2.21. The van der Waals surface area contributed by atoms with Gasteiger partial charge in [-0.25, -0.2) is 13.6 Å². The van der Waals surface area contributed by atoms with Crippen molar-refractivity contribution in [3.8, 4) is 0 Å². The molecule has 98 valence electrons. The van der Waals surface area contributed by atoms with Crippen LogP contribution in [0.4, 0.5) is 13.2 Å². The van der Waals surface area contributed by atoms with E-state index in [0.29, 0.717) is 0 Å².